The number of amides is 2. The summed E-state index contributed by atoms with van der Waals surface area (Å²) >= 11 is 0. The van der Waals surface area contributed by atoms with Crippen LogP contribution in [0.25, 0.3) is 0 Å². The van der Waals surface area contributed by atoms with Gasteiger partial charge in [0.2, 0.25) is 0 Å². The molecule has 22 heavy (non-hydrogen) atoms. The second-order valence-electron chi connectivity index (χ2n) is 5.28. The Morgan fingerprint density at radius 1 is 1.55 bits per heavy atom. The van der Waals surface area contributed by atoms with Crippen LogP contribution < -0.4 is 15.4 Å². The second kappa shape index (κ2) is 8.25. The lowest BCUT2D eigenvalue weighted by atomic mass is 10.0. The lowest BCUT2D eigenvalue weighted by Crippen LogP contribution is -2.29. The van der Waals surface area contributed by atoms with E-state index in [9.17, 15) is 4.79 Å². The first-order chi connectivity index (χ1) is 10.7. The summed E-state index contributed by atoms with van der Waals surface area (Å²) in [5.74, 6) is 1.12. The first-order valence-electron chi connectivity index (χ1n) is 7.43. The van der Waals surface area contributed by atoms with E-state index in [-0.39, 0.29) is 6.03 Å². The molecule has 2 amide bonds. The van der Waals surface area contributed by atoms with Crippen LogP contribution in [0, 0.1) is 17.2 Å². The number of anilines is 1. The van der Waals surface area contributed by atoms with Crippen LogP contribution in [0.4, 0.5) is 10.5 Å². The highest BCUT2D eigenvalue weighted by molar-refractivity contribution is 5.89. The van der Waals surface area contributed by atoms with Crippen molar-refractivity contribution in [2.24, 2.45) is 5.92 Å². The number of nitrogens with one attached hydrogen (secondary N) is 2. The number of benzene rings is 1. The van der Waals surface area contributed by atoms with Crippen molar-refractivity contribution in [3.63, 3.8) is 0 Å². The van der Waals surface area contributed by atoms with Crippen molar-refractivity contribution in [3.05, 3.63) is 23.8 Å². The van der Waals surface area contributed by atoms with Crippen LogP contribution in [-0.2, 0) is 4.74 Å². The average Bonchev–Trinajstić information content (AvgIpc) is 3.04. The molecular weight excluding hydrogens is 282 g/mol. The van der Waals surface area contributed by atoms with Crippen LogP contribution in [0.2, 0.25) is 0 Å². The van der Waals surface area contributed by atoms with Crippen LogP contribution in [0.3, 0.4) is 0 Å². The number of nitriles is 1. The Bertz CT molecular complexity index is 548. The summed E-state index contributed by atoms with van der Waals surface area (Å²) in [4.78, 5) is 11.8. The third-order valence-electron chi connectivity index (χ3n) is 3.68. The Labute approximate surface area is 130 Å². The summed E-state index contributed by atoms with van der Waals surface area (Å²) in [7, 11) is 1.51. The van der Waals surface area contributed by atoms with E-state index in [1.165, 1.54) is 7.11 Å². The fourth-order valence-electron chi connectivity index (χ4n) is 2.45. The normalized spacial score (nSPS) is 16.8. The molecule has 1 aliphatic heterocycles. The maximum absolute atomic E-state index is 11.8. The van der Waals surface area contributed by atoms with Crippen LogP contribution in [0.5, 0.6) is 5.75 Å². The summed E-state index contributed by atoms with van der Waals surface area (Å²) in [6, 6.07) is 6.72. The minimum atomic E-state index is -0.267. The van der Waals surface area contributed by atoms with Gasteiger partial charge in [-0.05, 0) is 43.4 Å². The van der Waals surface area contributed by atoms with Crippen molar-refractivity contribution >= 4 is 11.7 Å². The SMILES string of the molecule is COc1ccc(NC(=O)NCCCC2CCOC2)cc1C#N. The number of nitrogens with zero attached hydrogens (tertiary/aromatic N) is 1. The van der Waals surface area contributed by atoms with Gasteiger partial charge in [0.1, 0.15) is 11.8 Å². The molecule has 0 spiro atoms. The first kappa shape index (κ1) is 16.1. The quantitative estimate of drug-likeness (QED) is 0.791. The van der Waals surface area contributed by atoms with Gasteiger partial charge in [-0.15, -0.1) is 0 Å². The molecule has 0 saturated carbocycles. The summed E-state index contributed by atoms with van der Waals surface area (Å²) in [5, 5.41) is 14.5. The van der Waals surface area contributed by atoms with Gasteiger partial charge in [-0.1, -0.05) is 0 Å². The first-order valence-corrected chi connectivity index (χ1v) is 7.43. The van der Waals surface area contributed by atoms with Gasteiger partial charge in [-0.2, -0.15) is 5.26 Å². The number of hydrogen-bond donors (Lipinski definition) is 2. The molecule has 6 nitrogen and oxygen atoms in total. The lowest BCUT2D eigenvalue weighted by Gasteiger charge is -2.10. The Morgan fingerprint density at radius 3 is 3.09 bits per heavy atom. The number of carbonyl (C=O) groups excluding carboxylic acids is 1. The molecule has 2 N–H and O–H groups in total. The van der Waals surface area contributed by atoms with Gasteiger partial charge >= 0.3 is 6.03 Å². The van der Waals surface area contributed by atoms with E-state index in [2.05, 4.69) is 10.6 Å². The molecule has 0 radical (unpaired) electrons. The molecule has 1 aromatic carbocycles. The second-order valence-corrected chi connectivity index (χ2v) is 5.28. The highest BCUT2D eigenvalue weighted by Gasteiger charge is 2.14. The molecule has 0 aromatic heterocycles. The van der Waals surface area contributed by atoms with E-state index >= 15 is 0 Å². The molecule has 1 atom stereocenters. The molecule has 1 unspecified atom stereocenters. The van der Waals surface area contributed by atoms with Gasteiger partial charge in [0.15, 0.2) is 0 Å². The van der Waals surface area contributed by atoms with Crippen molar-refractivity contribution in [2.45, 2.75) is 19.3 Å². The Balaban J connectivity index is 1.73. The molecule has 2 rings (SSSR count). The smallest absolute Gasteiger partial charge is 0.319 e. The highest BCUT2D eigenvalue weighted by Crippen LogP contribution is 2.21. The van der Waals surface area contributed by atoms with Crippen LogP contribution in [0.1, 0.15) is 24.8 Å². The predicted octanol–water partition coefficient (Wildman–Crippen LogP) is 2.51. The molecule has 1 heterocycles. The van der Waals surface area contributed by atoms with Crippen LogP contribution in [0.15, 0.2) is 18.2 Å². The molecule has 1 aromatic rings. The van der Waals surface area contributed by atoms with Crippen molar-refractivity contribution in [1.29, 1.82) is 5.26 Å². The van der Waals surface area contributed by atoms with Crippen molar-refractivity contribution in [1.82, 2.24) is 5.32 Å². The van der Waals surface area contributed by atoms with Gasteiger partial charge < -0.3 is 20.1 Å². The maximum atomic E-state index is 11.8. The number of rotatable bonds is 6. The Kier molecular flexibility index (Phi) is 6.04. The van der Waals surface area contributed by atoms with Crippen molar-refractivity contribution in [3.8, 4) is 11.8 Å². The van der Waals surface area contributed by atoms with Gasteiger partial charge in [0.05, 0.1) is 12.7 Å². The largest absolute Gasteiger partial charge is 0.495 e. The zero-order valence-electron chi connectivity index (χ0n) is 12.7. The summed E-state index contributed by atoms with van der Waals surface area (Å²) in [6.07, 6.45) is 3.13. The molecular formula is C16H21N3O3. The van der Waals surface area contributed by atoms with E-state index in [4.69, 9.17) is 14.7 Å². The molecule has 118 valence electrons. The number of hydrogen-bond acceptors (Lipinski definition) is 4. The number of urea groups is 1. The summed E-state index contributed by atoms with van der Waals surface area (Å²) < 4.78 is 10.4. The Hall–Kier alpha value is -2.26. The molecule has 0 bridgehead atoms. The zero-order chi connectivity index (χ0) is 15.8. The molecule has 1 fully saturated rings. The molecule has 0 aliphatic carbocycles. The van der Waals surface area contributed by atoms with E-state index < -0.39 is 0 Å². The van der Waals surface area contributed by atoms with E-state index in [1.54, 1.807) is 18.2 Å². The fourth-order valence-corrected chi connectivity index (χ4v) is 2.45. The summed E-state index contributed by atoms with van der Waals surface area (Å²) in [5.41, 5.74) is 0.959. The zero-order valence-corrected chi connectivity index (χ0v) is 12.7. The van der Waals surface area contributed by atoms with E-state index in [0.717, 1.165) is 32.5 Å². The van der Waals surface area contributed by atoms with Gasteiger partial charge in [-0.3, -0.25) is 0 Å². The maximum Gasteiger partial charge on any atom is 0.319 e. The van der Waals surface area contributed by atoms with Crippen LogP contribution in [-0.4, -0.2) is 32.9 Å². The third-order valence-corrected chi connectivity index (χ3v) is 3.68. The highest BCUT2D eigenvalue weighted by atomic mass is 16.5. The minimum Gasteiger partial charge on any atom is -0.495 e. The number of methoxy groups -OCH3 is 1. The van der Waals surface area contributed by atoms with Crippen molar-refractivity contribution in [2.75, 3.05) is 32.2 Å². The van der Waals surface area contributed by atoms with Gasteiger partial charge in [0.25, 0.3) is 0 Å². The molecule has 1 saturated heterocycles. The molecule has 6 heteroatoms. The standard InChI is InChI=1S/C16H21N3O3/c1-21-15-5-4-14(9-13(15)10-17)19-16(20)18-7-2-3-12-6-8-22-11-12/h4-5,9,12H,2-3,6-8,11H2,1H3,(H2,18,19,20). The van der Waals surface area contributed by atoms with E-state index in [0.29, 0.717) is 29.5 Å². The number of carbonyl (C=O) groups is 1. The predicted molar refractivity (Wildman–Crippen MR) is 82.9 cm³/mol. The monoisotopic (exact) mass is 303 g/mol. The minimum absolute atomic E-state index is 0.267. The average molecular weight is 303 g/mol. The van der Waals surface area contributed by atoms with Gasteiger partial charge in [0, 0.05) is 25.4 Å². The topological polar surface area (TPSA) is 83.4 Å². The van der Waals surface area contributed by atoms with Crippen molar-refractivity contribution < 1.29 is 14.3 Å². The number of ether oxygens (including phenoxy) is 2. The summed E-state index contributed by atoms with van der Waals surface area (Å²) in [6.45, 7) is 2.33. The van der Waals surface area contributed by atoms with Gasteiger partial charge in [-0.25, -0.2) is 4.79 Å². The molecule has 1 aliphatic rings. The lowest BCUT2D eigenvalue weighted by molar-refractivity contribution is 0.184. The van der Waals surface area contributed by atoms with E-state index in [1.807, 2.05) is 6.07 Å². The third kappa shape index (κ3) is 4.64. The van der Waals surface area contributed by atoms with Crippen LogP contribution >= 0.6 is 0 Å². The fraction of sp³-hybridized carbons (Fsp3) is 0.500. The Morgan fingerprint density at radius 2 is 2.41 bits per heavy atom.